The first-order valence-corrected chi connectivity index (χ1v) is 24.8. The SMILES string of the molecule is CCCCCCCCCCCCC(OC(=O)NC(CCC(=O)O)C(=O)O)c1ccc(OC)cc1.CCCCCCCCCCCCC(OC(=O)NC(CCC)C(=O)O)c1ccc(OC)cc1. The number of alkyl carbamates (subject to hydrolysis) is 2. The van der Waals surface area contributed by atoms with E-state index >= 15 is 0 Å². The Morgan fingerprint density at radius 2 is 0.758 bits per heavy atom. The van der Waals surface area contributed by atoms with Crippen LogP contribution in [0.3, 0.4) is 0 Å². The summed E-state index contributed by atoms with van der Waals surface area (Å²) in [5, 5.41) is 32.1. The summed E-state index contributed by atoms with van der Waals surface area (Å²) in [6.45, 7) is 6.34. The molecular formula is C52H84N2O12. The van der Waals surface area contributed by atoms with E-state index in [0.29, 0.717) is 31.4 Å². The van der Waals surface area contributed by atoms with E-state index in [-0.39, 0.29) is 12.8 Å². The maximum Gasteiger partial charge on any atom is 0.408 e. The van der Waals surface area contributed by atoms with Gasteiger partial charge in [0.1, 0.15) is 35.8 Å². The second kappa shape index (κ2) is 38.1. The number of carbonyl (C=O) groups is 5. The van der Waals surface area contributed by atoms with Crippen molar-refractivity contribution in [3.05, 3.63) is 59.7 Å². The highest BCUT2D eigenvalue weighted by atomic mass is 16.6. The van der Waals surface area contributed by atoms with E-state index in [1.807, 2.05) is 43.3 Å². The first-order chi connectivity index (χ1) is 31.9. The lowest BCUT2D eigenvalue weighted by molar-refractivity contribution is -0.141. The Morgan fingerprint density at radius 1 is 0.439 bits per heavy atom. The molecule has 2 aromatic carbocycles. The standard InChI is InChI=1S/C26H41NO7.C26H43NO5/c1-3-4-5-6-7-8-9-10-11-12-13-23(20-14-16-21(33-2)17-15-20)34-26(32)27-22(25(30)31)18-19-24(28)29;1-4-6-7-8-9-10-11-12-13-14-16-24(21-17-19-22(31-3)20-18-21)32-26(30)27-23(15-5-2)25(28)29/h14-17,22-23H,3-13,18-19H2,1-2H3,(H,27,32)(H,28,29)(H,30,31);17-20,23-24H,4-16H2,1-3H3,(H,27,30)(H,28,29). The minimum Gasteiger partial charge on any atom is -0.497 e. The smallest absolute Gasteiger partial charge is 0.408 e. The van der Waals surface area contributed by atoms with Gasteiger partial charge in [-0.05, 0) is 73.9 Å². The third kappa shape index (κ3) is 28.8. The monoisotopic (exact) mass is 929 g/mol. The number of benzene rings is 2. The number of methoxy groups -OCH3 is 2. The normalized spacial score (nSPS) is 12.6. The van der Waals surface area contributed by atoms with Crippen molar-refractivity contribution in [3.63, 3.8) is 0 Å². The third-order valence-electron chi connectivity index (χ3n) is 11.5. The lowest BCUT2D eigenvalue weighted by Gasteiger charge is -2.21. The number of amides is 2. The molecule has 2 amide bonds. The fourth-order valence-corrected chi connectivity index (χ4v) is 7.54. The van der Waals surface area contributed by atoms with Gasteiger partial charge in [-0.2, -0.15) is 0 Å². The van der Waals surface area contributed by atoms with Crippen molar-refractivity contribution in [3.8, 4) is 11.5 Å². The molecule has 0 heterocycles. The summed E-state index contributed by atoms with van der Waals surface area (Å²) < 4.78 is 21.7. The number of ether oxygens (including phenoxy) is 4. The summed E-state index contributed by atoms with van der Waals surface area (Å²) >= 11 is 0. The minimum absolute atomic E-state index is 0.217. The topological polar surface area (TPSA) is 207 Å². The Labute approximate surface area is 395 Å². The third-order valence-corrected chi connectivity index (χ3v) is 11.5. The van der Waals surface area contributed by atoms with Gasteiger partial charge in [0.05, 0.1) is 14.2 Å². The number of carbonyl (C=O) groups excluding carboxylic acids is 2. The van der Waals surface area contributed by atoms with Gasteiger partial charge < -0.3 is 44.9 Å². The van der Waals surface area contributed by atoms with Gasteiger partial charge in [-0.3, -0.25) is 4.79 Å². The molecule has 14 heteroatoms. The van der Waals surface area contributed by atoms with Crippen LogP contribution in [0.4, 0.5) is 9.59 Å². The fraction of sp³-hybridized carbons (Fsp3) is 0.673. The van der Waals surface area contributed by atoms with Crippen LogP contribution in [0.5, 0.6) is 11.5 Å². The Kier molecular flexibility index (Phi) is 34.1. The Morgan fingerprint density at radius 3 is 1.05 bits per heavy atom. The molecule has 0 bridgehead atoms. The molecule has 14 nitrogen and oxygen atoms in total. The number of nitrogens with one attached hydrogen (secondary N) is 2. The van der Waals surface area contributed by atoms with Crippen molar-refractivity contribution in [1.29, 1.82) is 0 Å². The number of unbranched alkanes of at least 4 members (excludes halogenated alkanes) is 18. The van der Waals surface area contributed by atoms with Crippen LogP contribution in [-0.4, -0.2) is 71.7 Å². The van der Waals surface area contributed by atoms with Crippen LogP contribution in [0.2, 0.25) is 0 Å². The summed E-state index contributed by atoms with van der Waals surface area (Å²) in [4.78, 5) is 58.3. The summed E-state index contributed by atoms with van der Waals surface area (Å²) in [6.07, 6.45) is 23.7. The van der Waals surface area contributed by atoms with Crippen LogP contribution in [-0.2, 0) is 23.9 Å². The molecule has 0 radical (unpaired) electrons. The molecule has 0 spiro atoms. The van der Waals surface area contributed by atoms with Gasteiger partial charge in [0.2, 0.25) is 0 Å². The van der Waals surface area contributed by atoms with Crippen molar-refractivity contribution in [2.75, 3.05) is 14.2 Å². The average molecular weight is 929 g/mol. The van der Waals surface area contributed by atoms with Gasteiger partial charge in [-0.1, -0.05) is 167 Å². The second-order valence-electron chi connectivity index (χ2n) is 17.1. The quantitative estimate of drug-likeness (QED) is 0.0401. The molecule has 2 aromatic rings. The van der Waals surface area contributed by atoms with Crippen LogP contribution in [0, 0.1) is 0 Å². The zero-order valence-corrected chi connectivity index (χ0v) is 40.8. The first-order valence-electron chi connectivity index (χ1n) is 24.8. The number of carboxylic acid groups (broad SMARTS) is 3. The van der Waals surface area contributed by atoms with Gasteiger partial charge in [-0.15, -0.1) is 0 Å². The second-order valence-corrected chi connectivity index (χ2v) is 17.1. The molecule has 0 saturated carbocycles. The number of rotatable bonds is 37. The summed E-state index contributed by atoms with van der Waals surface area (Å²) in [7, 11) is 3.18. The van der Waals surface area contributed by atoms with E-state index in [1.165, 1.54) is 96.3 Å². The van der Waals surface area contributed by atoms with E-state index in [2.05, 4.69) is 24.5 Å². The van der Waals surface area contributed by atoms with Gasteiger partial charge >= 0.3 is 30.1 Å². The number of aliphatic carboxylic acids is 3. The predicted molar refractivity (Wildman–Crippen MR) is 258 cm³/mol. The van der Waals surface area contributed by atoms with Gasteiger partial charge in [0.15, 0.2) is 0 Å². The van der Waals surface area contributed by atoms with Crippen LogP contribution >= 0.6 is 0 Å². The molecule has 0 aromatic heterocycles. The average Bonchev–Trinajstić information content (AvgIpc) is 3.30. The minimum atomic E-state index is -1.32. The predicted octanol–water partition coefficient (Wildman–Crippen LogP) is 13.1. The number of hydrogen-bond donors (Lipinski definition) is 5. The molecule has 0 aliphatic rings. The first kappa shape index (κ1) is 59.0. The number of hydrogen-bond acceptors (Lipinski definition) is 9. The molecule has 4 atom stereocenters. The maximum absolute atomic E-state index is 12.4. The zero-order chi connectivity index (χ0) is 48.8. The van der Waals surface area contributed by atoms with E-state index in [1.54, 1.807) is 26.4 Å². The molecule has 5 N–H and O–H groups in total. The van der Waals surface area contributed by atoms with Crippen molar-refractivity contribution in [2.24, 2.45) is 0 Å². The maximum atomic E-state index is 12.4. The molecular weight excluding hydrogens is 845 g/mol. The Hall–Kier alpha value is -5.01. The van der Waals surface area contributed by atoms with Crippen molar-refractivity contribution in [2.45, 2.75) is 212 Å². The molecule has 0 fully saturated rings. The summed E-state index contributed by atoms with van der Waals surface area (Å²) in [5.74, 6) is -2.04. The van der Waals surface area contributed by atoms with Crippen molar-refractivity contribution >= 4 is 30.1 Å². The van der Waals surface area contributed by atoms with E-state index in [4.69, 9.17) is 24.1 Å². The lowest BCUT2D eigenvalue weighted by Crippen LogP contribution is -2.41. The highest BCUT2D eigenvalue weighted by Gasteiger charge is 2.25. The van der Waals surface area contributed by atoms with Crippen LogP contribution in [0.15, 0.2) is 48.5 Å². The Bertz CT molecular complexity index is 1590. The zero-order valence-electron chi connectivity index (χ0n) is 40.8. The van der Waals surface area contributed by atoms with Crippen molar-refractivity contribution in [1.82, 2.24) is 10.6 Å². The van der Waals surface area contributed by atoms with Crippen LogP contribution in [0.25, 0.3) is 0 Å². The van der Waals surface area contributed by atoms with E-state index in [9.17, 15) is 34.2 Å². The van der Waals surface area contributed by atoms with Crippen molar-refractivity contribution < 1.29 is 58.2 Å². The molecule has 2 rings (SSSR count). The van der Waals surface area contributed by atoms with Gasteiger partial charge in [-0.25, -0.2) is 19.2 Å². The highest BCUT2D eigenvalue weighted by Crippen LogP contribution is 2.28. The van der Waals surface area contributed by atoms with E-state index in [0.717, 1.165) is 49.0 Å². The summed E-state index contributed by atoms with van der Waals surface area (Å²) in [5.41, 5.74) is 1.68. The van der Waals surface area contributed by atoms with Crippen LogP contribution < -0.4 is 20.1 Å². The summed E-state index contributed by atoms with van der Waals surface area (Å²) in [6, 6.07) is 12.5. The Balaban J connectivity index is 0.000000661. The van der Waals surface area contributed by atoms with Gasteiger partial charge in [0.25, 0.3) is 0 Å². The molecule has 374 valence electrons. The number of carboxylic acids is 3. The lowest BCUT2D eigenvalue weighted by atomic mass is 10.0. The van der Waals surface area contributed by atoms with Gasteiger partial charge in [0, 0.05) is 6.42 Å². The molecule has 0 aliphatic heterocycles. The molecule has 4 unspecified atom stereocenters. The molecule has 0 saturated heterocycles. The van der Waals surface area contributed by atoms with E-state index < -0.39 is 54.4 Å². The fourth-order valence-electron chi connectivity index (χ4n) is 7.54. The molecule has 66 heavy (non-hydrogen) atoms. The van der Waals surface area contributed by atoms with Crippen LogP contribution in [0.1, 0.15) is 211 Å². The highest BCUT2D eigenvalue weighted by molar-refractivity contribution is 5.81. The molecule has 0 aliphatic carbocycles. The largest absolute Gasteiger partial charge is 0.497 e.